The van der Waals surface area contributed by atoms with Crippen LogP contribution < -0.4 is 5.32 Å². The lowest BCUT2D eigenvalue weighted by atomic mass is 10.1. The largest absolute Gasteiger partial charge is 0.396 e. The summed E-state index contributed by atoms with van der Waals surface area (Å²) in [6, 6.07) is 9.31. The molecular formula is C18H23N3O3. The van der Waals surface area contributed by atoms with Gasteiger partial charge in [-0.1, -0.05) is 18.2 Å². The molecule has 0 saturated heterocycles. The van der Waals surface area contributed by atoms with E-state index in [1.165, 1.54) is 0 Å². The third-order valence-corrected chi connectivity index (χ3v) is 3.90. The van der Waals surface area contributed by atoms with Crippen LogP contribution in [0.3, 0.4) is 0 Å². The van der Waals surface area contributed by atoms with Crippen molar-refractivity contribution in [2.45, 2.75) is 39.7 Å². The summed E-state index contributed by atoms with van der Waals surface area (Å²) >= 11 is 0. The Morgan fingerprint density at radius 3 is 2.54 bits per heavy atom. The smallest absolute Gasteiger partial charge is 0.292 e. The zero-order chi connectivity index (χ0) is 17.7. The molecule has 0 fully saturated rings. The van der Waals surface area contributed by atoms with Gasteiger partial charge in [0.2, 0.25) is 0 Å². The molecule has 24 heavy (non-hydrogen) atoms. The number of nitrogens with zero attached hydrogens (tertiary/aromatic N) is 2. The van der Waals surface area contributed by atoms with Crippen molar-refractivity contribution >= 4 is 11.7 Å². The number of Topliss-reactive ketones (excluding diaryl/α,β-unsaturated/α-hetero) is 1. The van der Waals surface area contributed by atoms with Crippen LogP contribution in [0.25, 0.3) is 5.69 Å². The number of benzene rings is 1. The van der Waals surface area contributed by atoms with Crippen LogP contribution in [-0.4, -0.2) is 39.2 Å². The van der Waals surface area contributed by atoms with Crippen molar-refractivity contribution in [3.8, 4) is 5.69 Å². The number of para-hydroxylation sites is 1. The summed E-state index contributed by atoms with van der Waals surface area (Å²) in [5.41, 5.74) is 2.35. The maximum absolute atomic E-state index is 12.5. The third-order valence-electron chi connectivity index (χ3n) is 3.90. The van der Waals surface area contributed by atoms with Crippen LogP contribution in [0, 0.1) is 13.8 Å². The maximum atomic E-state index is 12.5. The molecule has 0 aliphatic carbocycles. The molecule has 0 spiro atoms. The second-order valence-corrected chi connectivity index (χ2v) is 5.86. The molecule has 0 aliphatic heterocycles. The van der Waals surface area contributed by atoms with Gasteiger partial charge in [0.15, 0.2) is 0 Å². The van der Waals surface area contributed by atoms with Gasteiger partial charge < -0.3 is 10.4 Å². The number of aromatic nitrogens is 2. The van der Waals surface area contributed by atoms with E-state index >= 15 is 0 Å². The first-order valence-electron chi connectivity index (χ1n) is 8.03. The molecule has 1 amide bonds. The Morgan fingerprint density at radius 2 is 1.92 bits per heavy atom. The van der Waals surface area contributed by atoms with Gasteiger partial charge in [0.25, 0.3) is 11.7 Å². The summed E-state index contributed by atoms with van der Waals surface area (Å²) in [6.45, 7) is 5.38. The van der Waals surface area contributed by atoms with Crippen LogP contribution in [0.4, 0.5) is 0 Å². The van der Waals surface area contributed by atoms with Crippen LogP contribution >= 0.6 is 0 Å². The molecule has 1 heterocycles. The molecule has 0 saturated carbocycles. The van der Waals surface area contributed by atoms with E-state index in [4.69, 9.17) is 5.11 Å². The van der Waals surface area contributed by atoms with E-state index in [0.717, 1.165) is 5.69 Å². The number of ketones is 1. The van der Waals surface area contributed by atoms with Crippen LogP contribution in [-0.2, 0) is 4.79 Å². The average Bonchev–Trinajstić information content (AvgIpc) is 2.87. The van der Waals surface area contributed by atoms with Gasteiger partial charge in [-0.25, -0.2) is 4.68 Å². The lowest BCUT2D eigenvalue weighted by molar-refractivity contribution is -0.117. The molecule has 0 aliphatic rings. The first-order chi connectivity index (χ1) is 11.5. The van der Waals surface area contributed by atoms with E-state index in [0.29, 0.717) is 29.8 Å². The summed E-state index contributed by atoms with van der Waals surface area (Å²) in [4.78, 5) is 24.7. The molecule has 0 bridgehead atoms. The monoisotopic (exact) mass is 329 g/mol. The van der Waals surface area contributed by atoms with Gasteiger partial charge in [-0.3, -0.25) is 9.59 Å². The molecule has 1 aromatic carbocycles. The minimum absolute atomic E-state index is 0.0657. The molecule has 1 unspecified atom stereocenters. The lowest BCUT2D eigenvalue weighted by Crippen LogP contribution is -2.38. The number of rotatable bonds is 7. The molecular weight excluding hydrogens is 306 g/mol. The van der Waals surface area contributed by atoms with Crippen LogP contribution in [0.15, 0.2) is 30.3 Å². The van der Waals surface area contributed by atoms with Crippen molar-refractivity contribution in [3.63, 3.8) is 0 Å². The first-order valence-corrected chi connectivity index (χ1v) is 8.03. The quantitative estimate of drug-likeness (QED) is 0.601. The van der Waals surface area contributed by atoms with E-state index < -0.39 is 11.7 Å². The van der Waals surface area contributed by atoms with Gasteiger partial charge in [0.1, 0.15) is 0 Å². The number of carbonyl (C=O) groups excluding carboxylic acids is 2. The minimum atomic E-state index is -0.640. The number of carbonyl (C=O) groups is 2. The van der Waals surface area contributed by atoms with E-state index in [2.05, 4.69) is 10.4 Å². The minimum Gasteiger partial charge on any atom is -0.396 e. The Labute approximate surface area is 141 Å². The Kier molecular flexibility index (Phi) is 5.87. The van der Waals surface area contributed by atoms with Crippen LogP contribution in [0.5, 0.6) is 0 Å². The highest BCUT2D eigenvalue weighted by molar-refractivity contribution is 6.43. The standard InChI is InChI=1S/C18H23N3O3/c1-12(8-7-11-22)19-18(24)17(23)16-13(2)20-21(14(16)3)15-9-5-4-6-10-15/h4-6,9-10,12,22H,7-8,11H2,1-3H3,(H,19,24). The fraction of sp³-hybridized carbons (Fsp3) is 0.389. The predicted octanol–water partition coefficient (Wildman–Crippen LogP) is 1.95. The van der Waals surface area contributed by atoms with Crippen molar-refractivity contribution in [1.29, 1.82) is 0 Å². The summed E-state index contributed by atoms with van der Waals surface area (Å²) < 4.78 is 1.67. The normalized spacial score (nSPS) is 12.0. The van der Waals surface area contributed by atoms with Crippen LogP contribution in [0.1, 0.15) is 41.5 Å². The zero-order valence-corrected chi connectivity index (χ0v) is 14.2. The van der Waals surface area contributed by atoms with Gasteiger partial charge in [0, 0.05) is 12.6 Å². The Balaban J connectivity index is 2.21. The Hall–Kier alpha value is -2.47. The highest BCUT2D eigenvalue weighted by Crippen LogP contribution is 2.18. The number of hydrogen-bond donors (Lipinski definition) is 2. The molecule has 1 aromatic heterocycles. The number of aryl methyl sites for hydroxylation is 1. The molecule has 1 atom stereocenters. The van der Waals surface area contributed by atoms with Crippen molar-refractivity contribution < 1.29 is 14.7 Å². The second-order valence-electron chi connectivity index (χ2n) is 5.86. The SMILES string of the molecule is Cc1nn(-c2ccccc2)c(C)c1C(=O)C(=O)NC(C)CCCO. The van der Waals surface area contributed by atoms with Gasteiger partial charge in [-0.2, -0.15) is 5.10 Å². The lowest BCUT2D eigenvalue weighted by Gasteiger charge is -2.12. The van der Waals surface area contributed by atoms with E-state index in [9.17, 15) is 9.59 Å². The zero-order valence-electron chi connectivity index (χ0n) is 14.2. The number of nitrogens with one attached hydrogen (secondary N) is 1. The number of hydrogen-bond acceptors (Lipinski definition) is 4. The fourth-order valence-corrected chi connectivity index (χ4v) is 2.66. The fourth-order valence-electron chi connectivity index (χ4n) is 2.66. The van der Waals surface area contributed by atoms with Gasteiger partial charge in [-0.15, -0.1) is 0 Å². The number of aliphatic hydroxyl groups excluding tert-OH is 1. The van der Waals surface area contributed by atoms with E-state index in [-0.39, 0.29) is 12.6 Å². The summed E-state index contributed by atoms with van der Waals surface area (Å²) in [5.74, 6) is -1.22. The highest BCUT2D eigenvalue weighted by atomic mass is 16.3. The second kappa shape index (κ2) is 7.88. The summed E-state index contributed by atoms with van der Waals surface area (Å²) in [6.07, 6.45) is 1.20. The summed E-state index contributed by atoms with van der Waals surface area (Å²) in [7, 11) is 0. The molecule has 6 heteroatoms. The molecule has 0 radical (unpaired) electrons. The average molecular weight is 329 g/mol. The van der Waals surface area contributed by atoms with Crippen molar-refractivity contribution in [2.75, 3.05) is 6.61 Å². The number of aliphatic hydroxyl groups is 1. The topological polar surface area (TPSA) is 84.2 Å². The van der Waals surface area contributed by atoms with Gasteiger partial charge in [-0.05, 0) is 45.7 Å². The Morgan fingerprint density at radius 1 is 1.25 bits per heavy atom. The maximum Gasteiger partial charge on any atom is 0.292 e. The molecule has 2 aromatic rings. The predicted molar refractivity (Wildman–Crippen MR) is 91.3 cm³/mol. The number of amides is 1. The van der Waals surface area contributed by atoms with Crippen molar-refractivity contribution in [2.24, 2.45) is 0 Å². The molecule has 6 nitrogen and oxygen atoms in total. The van der Waals surface area contributed by atoms with Gasteiger partial charge in [0.05, 0.1) is 22.6 Å². The molecule has 2 rings (SSSR count). The van der Waals surface area contributed by atoms with E-state index in [1.807, 2.05) is 37.3 Å². The highest BCUT2D eigenvalue weighted by Gasteiger charge is 2.25. The van der Waals surface area contributed by atoms with Crippen molar-refractivity contribution in [1.82, 2.24) is 15.1 Å². The van der Waals surface area contributed by atoms with Crippen LogP contribution in [0.2, 0.25) is 0 Å². The van der Waals surface area contributed by atoms with E-state index in [1.54, 1.807) is 18.5 Å². The Bertz CT molecular complexity index is 723. The third kappa shape index (κ3) is 3.89. The van der Waals surface area contributed by atoms with Crippen molar-refractivity contribution in [3.05, 3.63) is 47.3 Å². The summed E-state index contributed by atoms with van der Waals surface area (Å²) in [5, 5.41) is 15.9. The molecule has 128 valence electrons. The first kappa shape index (κ1) is 17.9. The van der Waals surface area contributed by atoms with Gasteiger partial charge >= 0.3 is 0 Å². The molecule has 2 N–H and O–H groups in total.